The first-order valence-electron chi connectivity index (χ1n) is 10.6. The standard InChI is InChI=1S/C25H25N5O2S/c1-16-9-11-18(12-10-16)20(27-17(2)31)15-21(32)28-25-29-22(19-7-5-4-6-8-19)23(33-25)24-26-13-14-30(24)3/h4-14,20H,15H2,1-3H3,(H,27,31)(H,28,29,32). The Balaban J connectivity index is 1.59. The van der Waals surface area contributed by atoms with Gasteiger partial charge in [0.1, 0.15) is 0 Å². The molecule has 4 aromatic rings. The summed E-state index contributed by atoms with van der Waals surface area (Å²) in [6.07, 6.45) is 3.71. The second kappa shape index (κ2) is 9.79. The molecule has 1 atom stereocenters. The monoisotopic (exact) mass is 459 g/mol. The second-order valence-electron chi connectivity index (χ2n) is 7.84. The van der Waals surface area contributed by atoms with Crippen LogP contribution < -0.4 is 10.6 Å². The fourth-order valence-corrected chi connectivity index (χ4v) is 4.60. The number of benzene rings is 2. The lowest BCUT2D eigenvalue weighted by Crippen LogP contribution is -2.29. The van der Waals surface area contributed by atoms with Gasteiger partial charge in [0.05, 0.1) is 23.0 Å². The van der Waals surface area contributed by atoms with Crippen LogP contribution in [-0.4, -0.2) is 26.3 Å². The van der Waals surface area contributed by atoms with E-state index in [0.717, 1.165) is 33.1 Å². The molecular weight excluding hydrogens is 434 g/mol. The summed E-state index contributed by atoms with van der Waals surface area (Å²) >= 11 is 1.38. The number of rotatable bonds is 7. The quantitative estimate of drug-likeness (QED) is 0.418. The Morgan fingerprint density at radius 3 is 2.45 bits per heavy atom. The van der Waals surface area contributed by atoms with Crippen molar-refractivity contribution in [3.05, 3.63) is 78.1 Å². The molecule has 2 aromatic carbocycles. The van der Waals surface area contributed by atoms with E-state index in [1.807, 2.05) is 79.3 Å². The number of anilines is 1. The summed E-state index contributed by atoms with van der Waals surface area (Å²) in [4.78, 5) is 34.7. The van der Waals surface area contributed by atoms with Gasteiger partial charge >= 0.3 is 0 Å². The highest BCUT2D eigenvalue weighted by atomic mass is 32.1. The largest absolute Gasteiger partial charge is 0.349 e. The number of thiazole rings is 1. The molecule has 0 saturated heterocycles. The maximum Gasteiger partial charge on any atom is 0.228 e. The number of nitrogens with zero attached hydrogens (tertiary/aromatic N) is 3. The average Bonchev–Trinajstić information content (AvgIpc) is 3.39. The van der Waals surface area contributed by atoms with Crippen LogP contribution in [0, 0.1) is 6.92 Å². The number of carbonyl (C=O) groups is 2. The van der Waals surface area contributed by atoms with Gasteiger partial charge in [0, 0.05) is 31.9 Å². The molecule has 0 fully saturated rings. The number of aromatic nitrogens is 3. The number of aryl methyl sites for hydroxylation is 2. The van der Waals surface area contributed by atoms with Gasteiger partial charge in [-0.3, -0.25) is 9.59 Å². The summed E-state index contributed by atoms with van der Waals surface area (Å²) in [6, 6.07) is 17.2. The van der Waals surface area contributed by atoms with Gasteiger partial charge in [0.2, 0.25) is 11.8 Å². The van der Waals surface area contributed by atoms with Gasteiger partial charge in [-0.2, -0.15) is 0 Å². The van der Waals surface area contributed by atoms with Crippen molar-refractivity contribution in [1.29, 1.82) is 0 Å². The molecule has 8 heteroatoms. The number of imidazole rings is 1. The third kappa shape index (κ3) is 5.35. The zero-order chi connectivity index (χ0) is 23.4. The molecule has 0 saturated carbocycles. The summed E-state index contributed by atoms with van der Waals surface area (Å²) in [5, 5.41) is 6.28. The van der Waals surface area contributed by atoms with E-state index in [1.165, 1.54) is 18.3 Å². The van der Waals surface area contributed by atoms with E-state index in [2.05, 4.69) is 15.6 Å². The lowest BCUT2D eigenvalue weighted by molar-refractivity contribution is -0.120. The molecule has 7 nitrogen and oxygen atoms in total. The molecule has 0 bridgehead atoms. The Morgan fingerprint density at radius 1 is 1.09 bits per heavy atom. The molecule has 168 valence electrons. The van der Waals surface area contributed by atoms with Crippen LogP contribution >= 0.6 is 11.3 Å². The van der Waals surface area contributed by atoms with Crippen LogP contribution in [0.2, 0.25) is 0 Å². The third-order valence-electron chi connectivity index (χ3n) is 5.19. The van der Waals surface area contributed by atoms with Gasteiger partial charge in [-0.15, -0.1) is 0 Å². The minimum Gasteiger partial charge on any atom is -0.349 e. The van der Waals surface area contributed by atoms with E-state index in [4.69, 9.17) is 4.98 Å². The molecule has 33 heavy (non-hydrogen) atoms. The topological polar surface area (TPSA) is 88.9 Å². The van der Waals surface area contributed by atoms with Crippen molar-refractivity contribution in [3.63, 3.8) is 0 Å². The highest BCUT2D eigenvalue weighted by Gasteiger charge is 2.21. The molecule has 0 radical (unpaired) electrons. The molecule has 2 amide bonds. The van der Waals surface area contributed by atoms with E-state index < -0.39 is 6.04 Å². The number of hydrogen-bond donors (Lipinski definition) is 2. The van der Waals surface area contributed by atoms with Crippen molar-refractivity contribution < 1.29 is 9.59 Å². The fourth-order valence-electron chi connectivity index (χ4n) is 3.55. The first-order valence-corrected chi connectivity index (χ1v) is 11.4. The average molecular weight is 460 g/mol. The molecule has 2 heterocycles. The molecule has 0 aliphatic heterocycles. The SMILES string of the molecule is CC(=O)NC(CC(=O)Nc1nc(-c2ccccc2)c(-c2nccn2C)s1)c1ccc(C)cc1. The molecule has 0 aliphatic rings. The minimum atomic E-state index is -0.425. The highest BCUT2D eigenvalue weighted by Crippen LogP contribution is 2.38. The molecule has 2 aromatic heterocycles. The molecular formula is C25H25N5O2S. The minimum absolute atomic E-state index is 0.0978. The first kappa shape index (κ1) is 22.4. The Bertz CT molecular complexity index is 1260. The maximum atomic E-state index is 12.9. The van der Waals surface area contributed by atoms with Gasteiger partial charge in [0.25, 0.3) is 0 Å². The lowest BCUT2D eigenvalue weighted by atomic mass is 10.0. The Hall–Kier alpha value is -3.78. The van der Waals surface area contributed by atoms with Crippen LogP contribution in [0.5, 0.6) is 0 Å². The van der Waals surface area contributed by atoms with Gasteiger partial charge < -0.3 is 15.2 Å². The molecule has 2 N–H and O–H groups in total. The van der Waals surface area contributed by atoms with Crippen LogP contribution in [0.3, 0.4) is 0 Å². The summed E-state index contributed by atoms with van der Waals surface area (Å²) in [7, 11) is 1.93. The van der Waals surface area contributed by atoms with Crippen LogP contribution in [0.1, 0.15) is 30.5 Å². The third-order valence-corrected chi connectivity index (χ3v) is 6.16. The van der Waals surface area contributed by atoms with Crippen LogP contribution in [0.25, 0.3) is 22.0 Å². The zero-order valence-corrected chi connectivity index (χ0v) is 19.5. The van der Waals surface area contributed by atoms with E-state index in [0.29, 0.717) is 5.13 Å². The predicted octanol–water partition coefficient (Wildman–Crippen LogP) is 4.73. The first-order chi connectivity index (χ1) is 15.9. The summed E-state index contributed by atoms with van der Waals surface area (Å²) in [5.41, 5.74) is 3.71. The number of carbonyl (C=O) groups excluding carboxylic acids is 2. The van der Waals surface area contributed by atoms with Gasteiger partial charge in [-0.1, -0.05) is 71.5 Å². The van der Waals surface area contributed by atoms with Crippen molar-refractivity contribution in [2.75, 3.05) is 5.32 Å². The summed E-state index contributed by atoms with van der Waals surface area (Å²) in [5.74, 6) is 0.364. The van der Waals surface area contributed by atoms with Crippen molar-refractivity contribution in [3.8, 4) is 22.0 Å². The Labute approximate surface area is 196 Å². The van der Waals surface area contributed by atoms with Crippen molar-refractivity contribution >= 4 is 28.3 Å². The van der Waals surface area contributed by atoms with Gasteiger partial charge in [-0.05, 0) is 12.5 Å². The lowest BCUT2D eigenvalue weighted by Gasteiger charge is -2.18. The van der Waals surface area contributed by atoms with E-state index >= 15 is 0 Å². The Kier molecular flexibility index (Phi) is 6.65. The van der Waals surface area contributed by atoms with E-state index in [9.17, 15) is 9.59 Å². The summed E-state index contributed by atoms with van der Waals surface area (Å²) < 4.78 is 1.93. The number of amides is 2. The predicted molar refractivity (Wildman–Crippen MR) is 131 cm³/mol. The van der Waals surface area contributed by atoms with Crippen LogP contribution in [0.15, 0.2) is 67.0 Å². The molecule has 0 aliphatic carbocycles. The van der Waals surface area contributed by atoms with Crippen LogP contribution in [-0.2, 0) is 16.6 Å². The molecule has 1 unspecified atom stereocenters. The van der Waals surface area contributed by atoms with Crippen LogP contribution in [0.4, 0.5) is 5.13 Å². The van der Waals surface area contributed by atoms with Crippen molar-refractivity contribution in [2.45, 2.75) is 26.3 Å². The van der Waals surface area contributed by atoms with Crippen molar-refractivity contribution in [2.24, 2.45) is 7.05 Å². The highest BCUT2D eigenvalue weighted by molar-refractivity contribution is 7.19. The summed E-state index contributed by atoms with van der Waals surface area (Å²) in [6.45, 7) is 3.45. The zero-order valence-electron chi connectivity index (χ0n) is 18.7. The molecule has 0 spiro atoms. The maximum absolute atomic E-state index is 12.9. The van der Waals surface area contributed by atoms with Gasteiger partial charge in [-0.25, -0.2) is 9.97 Å². The smallest absolute Gasteiger partial charge is 0.228 e. The van der Waals surface area contributed by atoms with E-state index in [-0.39, 0.29) is 18.2 Å². The molecule has 4 rings (SSSR count). The van der Waals surface area contributed by atoms with Gasteiger partial charge in [0.15, 0.2) is 11.0 Å². The fraction of sp³-hybridized carbons (Fsp3) is 0.200. The van der Waals surface area contributed by atoms with E-state index in [1.54, 1.807) is 6.20 Å². The number of hydrogen-bond acceptors (Lipinski definition) is 5. The van der Waals surface area contributed by atoms with Crippen molar-refractivity contribution in [1.82, 2.24) is 19.9 Å². The normalized spacial score (nSPS) is 11.7. The second-order valence-corrected chi connectivity index (χ2v) is 8.84. The number of nitrogens with one attached hydrogen (secondary N) is 2. The Morgan fingerprint density at radius 2 is 1.82 bits per heavy atom.